The number of benzene rings is 1. The van der Waals surface area contributed by atoms with E-state index in [1.807, 2.05) is 0 Å². The van der Waals surface area contributed by atoms with Crippen molar-refractivity contribution in [2.75, 3.05) is 6.54 Å². The molecular weight excluding hydrogens is 256 g/mol. The van der Waals surface area contributed by atoms with Crippen molar-refractivity contribution >= 4 is 10.9 Å². The van der Waals surface area contributed by atoms with Gasteiger partial charge in [0.05, 0.1) is 0 Å². The summed E-state index contributed by atoms with van der Waals surface area (Å²) in [6.07, 6.45) is 5.71. The number of hydrogen-bond donors (Lipinski definition) is 1. The zero-order chi connectivity index (χ0) is 15.2. The molecule has 2 aromatic rings. The molecule has 0 aliphatic carbocycles. The van der Waals surface area contributed by atoms with Gasteiger partial charge in [0, 0.05) is 29.7 Å². The molecule has 0 unspecified atom stereocenters. The summed E-state index contributed by atoms with van der Waals surface area (Å²) in [6, 6.07) is 9.31. The van der Waals surface area contributed by atoms with Crippen LogP contribution in [0.3, 0.4) is 0 Å². The second kappa shape index (κ2) is 7.46. The summed E-state index contributed by atoms with van der Waals surface area (Å²) in [5, 5.41) is 4.90. The van der Waals surface area contributed by atoms with Crippen LogP contribution in [-0.4, -0.2) is 17.2 Å². The van der Waals surface area contributed by atoms with Crippen molar-refractivity contribution in [2.24, 2.45) is 0 Å². The van der Waals surface area contributed by atoms with E-state index in [0.29, 0.717) is 6.04 Å². The fraction of sp³-hybridized carbons (Fsp3) is 0.474. The van der Waals surface area contributed by atoms with E-state index in [-0.39, 0.29) is 0 Å². The standard InChI is InChI=1S/C19H28N2/c1-15(2)11-13-21-14-17(8-7-12-20-16(3)4)18-9-5-6-10-19(18)21/h5-6,9-10,14,16,20H,1,7-8,11-13H2,2-4H3. The number of allylic oxidation sites excluding steroid dienone is 1. The molecule has 0 saturated carbocycles. The van der Waals surface area contributed by atoms with E-state index in [1.165, 1.54) is 28.5 Å². The van der Waals surface area contributed by atoms with Gasteiger partial charge in [-0.15, -0.1) is 6.58 Å². The topological polar surface area (TPSA) is 17.0 Å². The van der Waals surface area contributed by atoms with Crippen molar-refractivity contribution in [1.82, 2.24) is 9.88 Å². The van der Waals surface area contributed by atoms with Crippen LogP contribution < -0.4 is 5.32 Å². The number of nitrogens with zero attached hydrogens (tertiary/aromatic N) is 1. The molecule has 2 nitrogen and oxygen atoms in total. The Morgan fingerprint density at radius 3 is 2.76 bits per heavy atom. The van der Waals surface area contributed by atoms with Gasteiger partial charge in [0.2, 0.25) is 0 Å². The first-order chi connectivity index (χ1) is 10.1. The van der Waals surface area contributed by atoms with Crippen LogP contribution in [0.25, 0.3) is 10.9 Å². The van der Waals surface area contributed by atoms with Gasteiger partial charge in [-0.1, -0.05) is 37.6 Å². The van der Waals surface area contributed by atoms with E-state index in [4.69, 9.17) is 0 Å². The Morgan fingerprint density at radius 1 is 1.29 bits per heavy atom. The number of aryl methyl sites for hydroxylation is 2. The van der Waals surface area contributed by atoms with Crippen LogP contribution in [0, 0.1) is 0 Å². The van der Waals surface area contributed by atoms with Crippen molar-refractivity contribution in [1.29, 1.82) is 0 Å². The van der Waals surface area contributed by atoms with Crippen LogP contribution in [0.15, 0.2) is 42.6 Å². The molecule has 0 aliphatic heterocycles. The summed E-state index contributed by atoms with van der Waals surface area (Å²) in [4.78, 5) is 0. The van der Waals surface area contributed by atoms with Crippen LogP contribution in [0.1, 0.15) is 39.2 Å². The average Bonchev–Trinajstić information content (AvgIpc) is 2.80. The third-order valence-corrected chi connectivity index (χ3v) is 3.83. The predicted octanol–water partition coefficient (Wildman–Crippen LogP) is 4.54. The second-order valence-corrected chi connectivity index (χ2v) is 6.28. The molecule has 0 aliphatic rings. The highest BCUT2D eigenvalue weighted by atomic mass is 15.0. The van der Waals surface area contributed by atoms with Gasteiger partial charge in [-0.2, -0.15) is 0 Å². The van der Waals surface area contributed by atoms with Crippen molar-refractivity contribution in [3.05, 3.63) is 48.2 Å². The highest BCUT2D eigenvalue weighted by Crippen LogP contribution is 2.23. The molecule has 0 fully saturated rings. The highest BCUT2D eigenvalue weighted by molar-refractivity contribution is 5.84. The first-order valence-electron chi connectivity index (χ1n) is 8.02. The normalized spacial score (nSPS) is 11.4. The fourth-order valence-electron chi connectivity index (χ4n) is 2.69. The van der Waals surface area contributed by atoms with Gasteiger partial charge in [0.1, 0.15) is 0 Å². The Morgan fingerprint density at radius 2 is 2.05 bits per heavy atom. The highest BCUT2D eigenvalue weighted by Gasteiger charge is 2.07. The van der Waals surface area contributed by atoms with E-state index in [2.05, 4.69) is 67.7 Å². The lowest BCUT2D eigenvalue weighted by molar-refractivity contribution is 0.570. The largest absolute Gasteiger partial charge is 0.347 e. The van der Waals surface area contributed by atoms with E-state index in [1.54, 1.807) is 0 Å². The lowest BCUT2D eigenvalue weighted by atomic mass is 10.1. The monoisotopic (exact) mass is 284 g/mol. The minimum atomic E-state index is 0.571. The van der Waals surface area contributed by atoms with Gasteiger partial charge in [-0.3, -0.25) is 0 Å². The summed E-state index contributed by atoms with van der Waals surface area (Å²) in [5.41, 5.74) is 4.07. The zero-order valence-electron chi connectivity index (χ0n) is 13.7. The molecule has 114 valence electrons. The SMILES string of the molecule is C=C(C)CCn1cc(CCCNC(C)C)c2ccccc21. The van der Waals surface area contributed by atoms with Gasteiger partial charge < -0.3 is 9.88 Å². The minimum absolute atomic E-state index is 0.571. The summed E-state index contributed by atoms with van der Waals surface area (Å²) < 4.78 is 2.38. The fourth-order valence-corrected chi connectivity index (χ4v) is 2.69. The molecule has 0 bridgehead atoms. The van der Waals surface area contributed by atoms with Gasteiger partial charge in [0.25, 0.3) is 0 Å². The molecule has 0 spiro atoms. The van der Waals surface area contributed by atoms with Crippen LogP contribution in [-0.2, 0) is 13.0 Å². The Labute approximate surface area is 128 Å². The number of aromatic nitrogens is 1. The Hall–Kier alpha value is -1.54. The van der Waals surface area contributed by atoms with Crippen LogP contribution in [0.2, 0.25) is 0 Å². The first kappa shape index (κ1) is 15.8. The summed E-state index contributed by atoms with van der Waals surface area (Å²) >= 11 is 0. The number of hydrogen-bond acceptors (Lipinski definition) is 1. The Balaban J connectivity index is 2.10. The number of fused-ring (bicyclic) bond motifs is 1. The third-order valence-electron chi connectivity index (χ3n) is 3.83. The van der Waals surface area contributed by atoms with E-state index >= 15 is 0 Å². The van der Waals surface area contributed by atoms with Crippen molar-refractivity contribution in [2.45, 2.75) is 52.6 Å². The van der Waals surface area contributed by atoms with Crippen molar-refractivity contribution < 1.29 is 0 Å². The molecule has 0 saturated heterocycles. The lowest BCUT2D eigenvalue weighted by Crippen LogP contribution is -2.23. The van der Waals surface area contributed by atoms with E-state index in [0.717, 1.165) is 25.9 Å². The summed E-state index contributed by atoms with van der Waals surface area (Å²) in [6.45, 7) is 12.6. The molecular formula is C19H28N2. The molecule has 2 heteroatoms. The van der Waals surface area contributed by atoms with Crippen LogP contribution in [0.5, 0.6) is 0 Å². The van der Waals surface area contributed by atoms with Crippen molar-refractivity contribution in [3.63, 3.8) is 0 Å². The number of rotatable bonds is 8. The zero-order valence-corrected chi connectivity index (χ0v) is 13.7. The maximum absolute atomic E-state index is 4.01. The molecule has 21 heavy (non-hydrogen) atoms. The van der Waals surface area contributed by atoms with Gasteiger partial charge in [-0.05, 0) is 44.4 Å². The average molecular weight is 284 g/mol. The molecule has 2 rings (SSSR count). The molecule has 0 atom stereocenters. The Bertz CT molecular complexity index is 593. The quantitative estimate of drug-likeness (QED) is 0.556. The lowest BCUT2D eigenvalue weighted by Gasteiger charge is -2.07. The third kappa shape index (κ3) is 4.47. The summed E-state index contributed by atoms with van der Waals surface area (Å²) in [7, 11) is 0. The smallest absolute Gasteiger partial charge is 0.0483 e. The number of nitrogens with one attached hydrogen (secondary N) is 1. The molecule has 1 aromatic heterocycles. The van der Waals surface area contributed by atoms with Crippen LogP contribution >= 0.6 is 0 Å². The molecule has 1 N–H and O–H groups in total. The maximum Gasteiger partial charge on any atom is 0.0483 e. The first-order valence-corrected chi connectivity index (χ1v) is 8.02. The van der Waals surface area contributed by atoms with E-state index in [9.17, 15) is 0 Å². The number of para-hydroxylation sites is 1. The van der Waals surface area contributed by atoms with Crippen LogP contribution in [0.4, 0.5) is 0 Å². The molecule has 0 radical (unpaired) electrons. The predicted molar refractivity (Wildman–Crippen MR) is 92.8 cm³/mol. The maximum atomic E-state index is 4.01. The molecule has 1 heterocycles. The molecule has 1 aromatic carbocycles. The second-order valence-electron chi connectivity index (χ2n) is 6.28. The van der Waals surface area contributed by atoms with Crippen molar-refractivity contribution in [3.8, 4) is 0 Å². The minimum Gasteiger partial charge on any atom is -0.347 e. The van der Waals surface area contributed by atoms with E-state index < -0.39 is 0 Å². The van der Waals surface area contributed by atoms with Gasteiger partial charge in [0.15, 0.2) is 0 Å². The van der Waals surface area contributed by atoms with Gasteiger partial charge >= 0.3 is 0 Å². The van der Waals surface area contributed by atoms with Gasteiger partial charge in [-0.25, -0.2) is 0 Å². The molecule has 0 amide bonds. The summed E-state index contributed by atoms with van der Waals surface area (Å²) in [5.74, 6) is 0. The Kier molecular flexibility index (Phi) is 5.63.